The number of ketones is 1. The van der Waals surface area contributed by atoms with Crippen molar-refractivity contribution < 1.29 is 72.8 Å². The second kappa shape index (κ2) is 20.8. The standard InChI is InChI=1S/C60H78N4O15/c1-9-32-24-57(6)25-37(55(69)70)28(2)60(27-57)51(67)48(54(68)64-60)50(66)59(8)33(21-41(32)65)17-18-35-38(59)14-12-16-43(35)77-45-20-19-42(29(3)73-45)76-47-26-58(7,72)52(31(5)75-47)79-46-23-44(49(61)30(4)74-46)78-56(71)40-22-36-34-13-10-11-15-39(34)62-53(36)63-40/h10-11,13,15,17-18,22,25,28-33,35,38,41-47,49,52,65-66,72H,9,12,14,16,19-21,23-24,26-27,61H2,1-8H3,(H,64,68)(H,69,70). The number of carboxylic acid groups (broad SMARTS) is 1. The molecule has 3 bridgehead atoms. The van der Waals surface area contributed by atoms with Crippen LogP contribution in [0.2, 0.25) is 0 Å². The van der Waals surface area contributed by atoms with Crippen molar-refractivity contribution in [3.8, 4) is 0 Å². The number of aliphatic hydroxyl groups excluding tert-OH is 2. The number of ether oxygens (including phenoxy) is 7. The number of aliphatic carboxylic acids is 1. The van der Waals surface area contributed by atoms with E-state index in [0.717, 1.165) is 23.2 Å². The van der Waals surface area contributed by atoms with Gasteiger partial charge in [-0.05, 0) is 102 Å². The van der Waals surface area contributed by atoms with E-state index in [4.69, 9.17) is 38.9 Å². The molecule has 1 aromatic carbocycles. The van der Waals surface area contributed by atoms with Crippen molar-refractivity contribution >= 4 is 46.4 Å². The maximum Gasteiger partial charge on any atom is 0.357 e. The van der Waals surface area contributed by atoms with Gasteiger partial charge in [-0.15, -0.1) is 0 Å². The number of carboxylic acids is 1. The van der Waals surface area contributed by atoms with Crippen molar-refractivity contribution in [2.45, 2.75) is 211 Å². The molecule has 19 heteroatoms. The Bertz CT molecular complexity index is 2840. The molecule has 1 aromatic rings. The molecular formula is C60H78N4O15. The maximum absolute atomic E-state index is 15.0. The van der Waals surface area contributed by atoms with Crippen molar-refractivity contribution in [2.24, 2.45) is 56.1 Å². The Morgan fingerprint density at radius 2 is 1.59 bits per heavy atom. The maximum atomic E-state index is 15.0. The fraction of sp³-hybridized carbons (Fsp3) is 0.667. The zero-order valence-corrected chi connectivity index (χ0v) is 46.5. The molecule has 0 aromatic heterocycles. The van der Waals surface area contributed by atoms with Gasteiger partial charge in [-0.3, -0.25) is 9.59 Å². The smallest absolute Gasteiger partial charge is 0.357 e. The van der Waals surface area contributed by atoms with Gasteiger partial charge in [-0.25, -0.2) is 19.6 Å². The first kappa shape index (κ1) is 55.9. The third-order valence-corrected chi connectivity index (χ3v) is 19.8. The normalized spacial score (nSPS) is 44.6. The second-order valence-electron chi connectivity index (χ2n) is 25.1. The van der Waals surface area contributed by atoms with Gasteiger partial charge < -0.3 is 64.6 Å². The summed E-state index contributed by atoms with van der Waals surface area (Å²) < 4.78 is 44.9. The zero-order valence-electron chi connectivity index (χ0n) is 46.5. The van der Waals surface area contributed by atoms with Crippen LogP contribution in [0, 0.1) is 40.4 Å². The zero-order chi connectivity index (χ0) is 56.2. The third-order valence-electron chi connectivity index (χ3n) is 19.8. The largest absolute Gasteiger partial charge is 0.511 e. The number of allylic oxidation sites excluding steroid dienone is 3. The molecule has 5 fully saturated rings. The van der Waals surface area contributed by atoms with Crippen LogP contribution in [0.3, 0.4) is 0 Å². The summed E-state index contributed by atoms with van der Waals surface area (Å²) in [5.41, 5.74) is 3.81. The van der Waals surface area contributed by atoms with Crippen molar-refractivity contribution in [3.05, 3.63) is 71.0 Å². The third kappa shape index (κ3) is 9.79. The number of esters is 1. The van der Waals surface area contributed by atoms with Crippen LogP contribution in [0.25, 0.3) is 5.57 Å². The molecule has 6 heterocycles. The van der Waals surface area contributed by atoms with Crippen LogP contribution in [0.5, 0.6) is 0 Å². The lowest BCUT2D eigenvalue weighted by molar-refractivity contribution is -0.339. The van der Waals surface area contributed by atoms with E-state index in [2.05, 4.69) is 21.4 Å². The average molecular weight is 1100 g/mol. The van der Waals surface area contributed by atoms with Crippen molar-refractivity contribution in [1.82, 2.24) is 5.32 Å². The predicted molar refractivity (Wildman–Crippen MR) is 287 cm³/mol. The number of aliphatic hydroxyl groups is 3. The molecule has 79 heavy (non-hydrogen) atoms. The minimum Gasteiger partial charge on any atom is -0.511 e. The van der Waals surface area contributed by atoms with E-state index in [9.17, 15) is 39.6 Å². The van der Waals surface area contributed by atoms with E-state index in [1.807, 2.05) is 58.0 Å². The van der Waals surface area contributed by atoms with Crippen molar-refractivity contribution in [1.29, 1.82) is 0 Å². The summed E-state index contributed by atoms with van der Waals surface area (Å²) in [5, 5.41) is 50.1. The number of nitrogens with two attached hydrogens (primary N) is 1. The highest BCUT2D eigenvalue weighted by molar-refractivity contribution is 6.52. The van der Waals surface area contributed by atoms with Gasteiger partial charge in [0.2, 0.25) is 0 Å². The number of amides is 1. The first-order valence-corrected chi connectivity index (χ1v) is 28.7. The van der Waals surface area contributed by atoms with Gasteiger partial charge >= 0.3 is 11.9 Å². The molecule has 11 rings (SSSR count). The van der Waals surface area contributed by atoms with Crippen molar-refractivity contribution in [2.75, 3.05) is 0 Å². The highest BCUT2D eigenvalue weighted by atomic mass is 16.7. The van der Waals surface area contributed by atoms with Crippen LogP contribution in [-0.2, 0) is 52.3 Å². The molecule has 1 spiro atoms. The van der Waals surface area contributed by atoms with Crippen LogP contribution < -0.4 is 11.1 Å². The molecule has 21 unspecified atom stereocenters. The number of nitrogens with zero attached hydrogens (tertiary/aromatic N) is 2. The van der Waals surface area contributed by atoms with Gasteiger partial charge in [0.1, 0.15) is 29.1 Å². The summed E-state index contributed by atoms with van der Waals surface area (Å²) in [6.45, 7) is 14.6. The Kier molecular flexibility index (Phi) is 14.7. The van der Waals surface area contributed by atoms with E-state index in [-0.39, 0.29) is 72.2 Å². The van der Waals surface area contributed by atoms with E-state index in [0.29, 0.717) is 44.4 Å². The number of benzene rings is 1. The van der Waals surface area contributed by atoms with Gasteiger partial charge in [0.15, 0.2) is 36.2 Å². The number of nitrogens with one attached hydrogen (secondary N) is 1. The molecule has 10 aliphatic rings. The van der Waals surface area contributed by atoms with Crippen LogP contribution >= 0.6 is 0 Å². The van der Waals surface area contributed by atoms with E-state index < -0.39 is 125 Å². The number of rotatable bonds is 10. The lowest BCUT2D eigenvalue weighted by Gasteiger charge is -2.53. The number of amidine groups is 1. The fourth-order valence-electron chi connectivity index (χ4n) is 15.4. The minimum atomic E-state index is -1.58. The van der Waals surface area contributed by atoms with E-state index >= 15 is 0 Å². The fourth-order valence-corrected chi connectivity index (χ4v) is 15.4. The van der Waals surface area contributed by atoms with Gasteiger partial charge in [-0.2, -0.15) is 0 Å². The number of aliphatic imine (C=N–C) groups is 2. The first-order valence-electron chi connectivity index (χ1n) is 28.7. The SMILES string of the molecule is CCC1CC2(C)C=C(C(=O)O)C(C)C3(C2)NC(=O)C(=C(O)C2(C)C(C=CC4C(OC5CCC(OC6CC(C)(O)C(OC7CC(OC(=O)C8=NC9=Nc%10ccccc%10C9=C8)C(N)C(C)O7)C(C)O6)C(C)O5)CCCC42)CC1O)C3=O. The van der Waals surface area contributed by atoms with Gasteiger partial charge in [0.05, 0.1) is 54.0 Å². The number of fused-ring (bicyclic) bond motifs is 8. The lowest BCUT2D eigenvalue weighted by atomic mass is 9.52. The number of carbonyl (C=O) groups excluding carboxylic acids is 3. The molecule has 21 atom stereocenters. The summed E-state index contributed by atoms with van der Waals surface area (Å²) in [6, 6.07) is 6.98. The average Bonchev–Trinajstić information content (AvgIpc) is 4.03. The van der Waals surface area contributed by atoms with Gasteiger partial charge in [0.25, 0.3) is 5.91 Å². The monoisotopic (exact) mass is 1090 g/mol. The Morgan fingerprint density at radius 3 is 2.33 bits per heavy atom. The van der Waals surface area contributed by atoms with E-state index in [1.165, 1.54) is 0 Å². The number of hydrogen-bond acceptors (Lipinski definition) is 17. The Labute approximate surface area is 461 Å². The molecule has 4 saturated heterocycles. The molecule has 428 valence electrons. The van der Waals surface area contributed by atoms with Crippen molar-refractivity contribution in [3.63, 3.8) is 0 Å². The molecule has 4 aliphatic carbocycles. The molecule has 1 saturated carbocycles. The number of hydrogen-bond donors (Lipinski definition) is 6. The molecule has 7 N–H and O–H groups in total. The quantitative estimate of drug-likeness (QED) is 0.0817. The van der Waals surface area contributed by atoms with Crippen LogP contribution in [-0.4, -0.2) is 140 Å². The molecule has 19 nitrogen and oxygen atoms in total. The highest BCUT2D eigenvalue weighted by Crippen LogP contribution is 2.59. The molecule has 1 amide bonds. The summed E-state index contributed by atoms with van der Waals surface area (Å²) in [4.78, 5) is 64.4. The van der Waals surface area contributed by atoms with Crippen LogP contribution in [0.1, 0.15) is 132 Å². The summed E-state index contributed by atoms with van der Waals surface area (Å²) in [6.07, 6.45) is 5.29. The lowest BCUT2D eigenvalue weighted by Crippen LogP contribution is -2.60. The van der Waals surface area contributed by atoms with Crippen LogP contribution in [0.15, 0.2) is 75.5 Å². The van der Waals surface area contributed by atoms with Crippen LogP contribution in [0.4, 0.5) is 5.69 Å². The second-order valence-corrected chi connectivity index (χ2v) is 25.1. The summed E-state index contributed by atoms with van der Waals surface area (Å²) in [7, 11) is 0. The van der Waals surface area contributed by atoms with Gasteiger partial charge in [0, 0.05) is 53.2 Å². The first-order chi connectivity index (χ1) is 37.4. The molecule has 6 aliphatic heterocycles. The number of Topliss-reactive ketones (excluding diaryl/α,β-unsaturated/α-hetero) is 1. The molecular weight excluding hydrogens is 1020 g/mol. The number of carbonyl (C=O) groups is 4. The summed E-state index contributed by atoms with van der Waals surface area (Å²) in [5.74, 6) is -5.03. The Hall–Kier alpha value is -4.96. The Morgan fingerprint density at radius 1 is 0.861 bits per heavy atom. The predicted octanol–water partition coefficient (Wildman–Crippen LogP) is 6.61. The number of para-hydroxylation sites is 1. The topological polar surface area (TPSA) is 277 Å². The Balaban J connectivity index is 0.727. The van der Waals surface area contributed by atoms with E-state index in [1.54, 1.807) is 39.8 Å². The highest BCUT2D eigenvalue weighted by Gasteiger charge is 2.63. The summed E-state index contributed by atoms with van der Waals surface area (Å²) >= 11 is 0. The van der Waals surface area contributed by atoms with Gasteiger partial charge in [-0.1, -0.05) is 77.0 Å². The minimum absolute atomic E-state index is 0.0354. The molecule has 0 radical (unpaired) electrons.